The molecule has 0 unspecified atom stereocenters. The number of hydrogen-bond donors (Lipinski definition) is 2. The van der Waals surface area contributed by atoms with Gasteiger partial charge in [0, 0.05) is 16.8 Å². The minimum atomic E-state index is -4.31. The van der Waals surface area contributed by atoms with Crippen LogP contribution in [0.4, 0.5) is 11.4 Å². The van der Waals surface area contributed by atoms with Crippen LogP contribution >= 0.6 is 0 Å². The first-order valence-electron chi connectivity index (χ1n) is 9.06. The van der Waals surface area contributed by atoms with E-state index in [2.05, 4.69) is 5.32 Å². The zero-order valence-electron chi connectivity index (χ0n) is 15.6. The second kappa shape index (κ2) is 7.88. The SMILES string of the molecule is O=C(O)c1ccccc1OS(=O)(=O)c1cccc2cccc(Nc3ccccc3)c12. The zero-order valence-corrected chi connectivity index (χ0v) is 16.5. The van der Waals surface area contributed by atoms with E-state index in [-0.39, 0.29) is 16.2 Å². The van der Waals surface area contributed by atoms with Gasteiger partial charge >= 0.3 is 16.1 Å². The Morgan fingerprint density at radius 1 is 0.800 bits per heavy atom. The summed E-state index contributed by atoms with van der Waals surface area (Å²) in [6, 6.07) is 25.3. The van der Waals surface area contributed by atoms with Crippen molar-refractivity contribution in [3.8, 4) is 5.75 Å². The fraction of sp³-hybridized carbons (Fsp3) is 0. The van der Waals surface area contributed by atoms with Crippen molar-refractivity contribution in [2.24, 2.45) is 0 Å². The van der Waals surface area contributed by atoms with E-state index in [0.29, 0.717) is 16.5 Å². The maximum absolute atomic E-state index is 13.2. The average Bonchev–Trinajstić information content (AvgIpc) is 2.74. The standard InChI is InChI=1S/C23H17NO5S/c25-23(26)18-12-4-5-14-20(18)29-30(27,28)21-15-7-9-16-8-6-13-19(22(16)21)24-17-10-2-1-3-11-17/h1-15,24H,(H,25,26). The van der Waals surface area contributed by atoms with Crippen LogP contribution in [0.2, 0.25) is 0 Å². The van der Waals surface area contributed by atoms with E-state index in [1.165, 1.54) is 30.3 Å². The summed E-state index contributed by atoms with van der Waals surface area (Å²) in [6.07, 6.45) is 0. The number of rotatable bonds is 6. The van der Waals surface area contributed by atoms with Gasteiger partial charge < -0.3 is 14.6 Å². The first-order chi connectivity index (χ1) is 14.5. The van der Waals surface area contributed by atoms with Crippen LogP contribution in [0.25, 0.3) is 10.8 Å². The fourth-order valence-electron chi connectivity index (χ4n) is 3.18. The predicted octanol–water partition coefficient (Wildman–Crippen LogP) is 5.05. The number of benzene rings is 4. The number of para-hydroxylation sites is 2. The summed E-state index contributed by atoms with van der Waals surface area (Å²) >= 11 is 0. The highest BCUT2D eigenvalue weighted by atomic mass is 32.2. The number of carboxylic acid groups (broad SMARTS) is 1. The van der Waals surface area contributed by atoms with E-state index in [9.17, 15) is 18.3 Å². The van der Waals surface area contributed by atoms with Gasteiger partial charge in [-0.2, -0.15) is 8.42 Å². The molecule has 4 rings (SSSR count). The van der Waals surface area contributed by atoms with Gasteiger partial charge in [-0.05, 0) is 41.8 Å². The Morgan fingerprint density at radius 2 is 1.47 bits per heavy atom. The van der Waals surface area contributed by atoms with Crippen LogP contribution in [0, 0.1) is 0 Å². The maximum Gasteiger partial charge on any atom is 0.339 e. The first-order valence-corrected chi connectivity index (χ1v) is 10.5. The Balaban J connectivity index is 1.83. The normalized spacial score (nSPS) is 11.2. The Hall–Kier alpha value is -3.84. The summed E-state index contributed by atoms with van der Waals surface area (Å²) in [7, 11) is -4.31. The molecule has 0 atom stereocenters. The summed E-state index contributed by atoms with van der Waals surface area (Å²) in [5.41, 5.74) is 1.16. The Labute approximate surface area is 173 Å². The van der Waals surface area contributed by atoms with Gasteiger partial charge in [0.1, 0.15) is 10.5 Å². The number of nitrogens with one attached hydrogen (secondary N) is 1. The van der Waals surface area contributed by atoms with Crippen molar-refractivity contribution < 1.29 is 22.5 Å². The molecular formula is C23H17NO5S. The van der Waals surface area contributed by atoms with Crippen LogP contribution in [0.3, 0.4) is 0 Å². The van der Waals surface area contributed by atoms with Crippen molar-refractivity contribution >= 4 is 38.2 Å². The van der Waals surface area contributed by atoms with Gasteiger partial charge in [-0.1, -0.05) is 54.6 Å². The topological polar surface area (TPSA) is 92.7 Å². The lowest BCUT2D eigenvalue weighted by molar-refractivity contribution is 0.0695. The predicted molar refractivity (Wildman–Crippen MR) is 115 cm³/mol. The van der Waals surface area contributed by atoms with Gasteiger partial charge in [-0.3, -0.25) is 0 Å². The molecule has 0 radical (unpaired) electrons. The molecule has 0 saturated carbocycles. The molecule has 150 valence electrons. The smallest absolute Gasteiger partial charge is 0.339 e. The number of carboxylic acids is 1. The number of hydrogen-bond acceptors (Lipinski definition) is 5. The van der Waals surface area contributed by atoms with E-state index in [1.807, 2.05) is 36.4 Å². The molecule has 0 aliphatic rings. The number of aromatic carboxylic acids is 1. The van der Waals surface area contributed by atoms with Crippen LogP contribution in [0.5, 0.6) is 5.75 Å². The van der Waals surface area contributed by atoms with Crippen LogP contribution in [-0.2, 0) is 10.1 Å². The highest BCUT2D eigenvalue weighted by Crippen LogP contribution is 2.34. The van der Waals surface area contributed by atoms with Crippen molar-refractivity contribution in [1.82, 2.24) is 0 Å². The number of fused-ring (bicyclic) bond motifs is 1. The highest BCUT2D eigenvalue weighted by molar-refractivity contribution is 7.87. The molecule has 0 heterocycles. The molecular weight excluding hydrogens is 402 g/mol. The molecule has 6 nitrogen and oxygen atoms in total. The summed E-state index contributed by atoms with van der Waals surface area (Å²) < 4.78 is 31.6. The summed E-state index contributed by atoms with van der Waals surface area (Å²) in [5, 5.41) is 13.7. The van der Waals surface area contributed by atoms with E-state index < -0.39 is 16.1 Å². The number of anilines is 2. The largest absolute Gasteiger partial charge is 0.478 e. The Bertz CT molecular complexity index is 1330. The van der Waals surface area contributed by atoms with E-state index in [4.69, 9.17) is 4.18 Å². The average molecular weight is 419 g/mol. The van der Waals surface area contributed by atoms with Gasteiger partial charge in [0.25, 0.3) is 0 Å². The third-order valence-corrected chi connectivity index (χ3v) is 5.78. The lowest BCUT2D eigenvalue weighted by Crippen LogP contribution is -2.13. The van der Waals surface area contributed by atoms with Gasteiger partial charge in [0.15, 0.2) is 5.75 Å². The van der Waals surface area contributed by atoms with Gasteiger partial charge in [-0.25, -0.2) is 4.79 Å². The molecule has 4 aromatic carbocycles. The van der Waals surface area contributed by atoms with E-state index in [1.54, 1.807) is 24.3 Å². The van der Waals surface area contributed by atoms with Crippen molar-refractivity contribution in [2.45, 2.75) is 4.90 Å². The molecule has 4 aromatic rings. The summed E-state index contributed by atoms with van der Waals surface area (Å²) in [4.78, 5) is 11.4. The van der Waals surface area contributed by atoms with Crippen LogP contribution in [0.1, 0.15) is 10.4 Å². The maximum atomic E-state index is 13.2. The molecule has 0 aliphatic carbocycles. The van der Waals surface area contributed by atoms with Gasteiger partial charge in [-0.15, -0.1) is 0 Å². The molecule has 0 saturated heterocycles. The van der Waals surface area contributed by atoms with Gasteiger partial charge in [0.2, 0.25) is 0 Å². The van der Waals surface area contributed by atoms with Crippen molar-refractivity contribution in [3.05, 3.63) is 96.6 Å². The molecule has 0 amide bonds. The third kappa shape index (κ3) is 3.83. The second-order valence-corrected chi connectivity index (χ2v) is 8.00. The van der Waals surface area contributed by atoms with Crippen LogP contribution < -0.4 is 9.50 Å². The van der Waals surface area contributed by atoms with Crippen molar-refractivity contribution in [1.29, 1.82) is 0 Å². The minimum absolute atomic E-state index is 0.0563. The van der Waals surface area contributed by atoms with Gasteiger partial charge in [0.05, 0.1) is 0 Å². The Kier molecular flexibility index (Phi) is 5.12. The minimum Gasteiger partial charge on any atom is -0.478 e. The third-order valence-electron chi connectivity index (χ3n) is 4.51. The molecule has 30 heavy (non-hydrogen) atoms. The molecule has 0 aliphatic heterocycles. The molecule has 0 fully saturated rings. The lowest BCUT2D eigenvalue weighted by Gasteiger charge is -2.15. The number of carbonyl (C=O) groups is 1. The fourth-order valence-corrected chi connectivity index (χ4v) is 4.37. The van der Waals surface area contributed by atoms with E-state index >= 15 is 0 Å². The quantitative estimate of drug-likeness (QED) is 0.425. The monoisotopic (exact) mass is 419 g/mol. The second-order valence-electron chi connectivity index (χ2n) is 6.49. The molecule has 2 N–H and O–H groups in total. The van der Waals surface area contributed by atoms with Crippen molar-refractivity contribution in [2.75, 3.05) is 5.32 Å². The van der Waals surface area contributed by atoms with Crippen LogP contribution in [-0.4, -0.2) is 19.5 Å². The van der Waals surface area contributed by atoms with E-state index in [0.717, 1.165) is 5.69 Å². The first kappa shape index (κ1) is 19.5. The lowest BCUT2D eigenvalue weighted by atomic mass is 10.1. The molecule has 0 spiro atoms. The zero-order chi connectivity index (χ0) is 21.1. The highest BCUT2D eigenvalue weighted by Gasteiger charge is 2.24. The molecule has 7 heteroatoms. The molecule has 0 bridgehead atoms. The molecule has 0 aromatic heterocycles. The van der Waals surface area contributed by atoms with Crippen LogP contribution in [0.15, 0.2) is 95.9 Å². The van der Waals surface area contributed by atoms with Crippen molar-refractivity contribution in [3.63, 3.8) is 0 Å². The summed E-state index contributed by atoms with van der Waals surface area (Å²) in [5.74, 6) is -1.51. The summed E-state index contributed by atoms with van der Waals surface area (Å²) in [6.45, 7) is 0. The Morgan fingerprint density at radius 3 is 2.20 bits per heavy atom.